The van der Waals surface area contributed by atoms with Gasteiger partial charge in [-0.1, -0.05) is 0 Å². The minimum Gasteiger partial charge on any atom is -0.444 e. The van der Waals surface area contributed by atoms with E-state index in [1.54, 1.807) is 13.0 Å². The third-order valence-electron chi connectivity index (χ3n) is 5.31. The Kier molecular flexibility index (Phi) is 7.39. The van der Waals surface area contributed by atoms with Crippen molar-refractivity contribution >= 4 is 35.3 Å². The maximum absolute atomic E-state index is 12.4. The molecule has 0 bridgehead atoms. The fourth-order valence-electron chi connectivity index (χ4n) is 3.60. The maximum atomic E-state index is 12.4. The van der Waals surface area contributed by atoms with Crippen molar-refractivity contribution in [2.24, 2.45) is 10.7 Å². The average Bonchev–Trinajstić information content (AvgIpc) is 3.47. The first-order valence-electron chi connectivity index (χ1n) is 11.0. The number of nitrogens with two attached hydrogens (primary N) is 1. The van der Waals surface area contributed by atoms with E-state index in [1.807, 2.05) is 38.6 Å². The molecule has 1 aromatic heterocycles. The maximum Gasteiger partial charge on any atom is 0.413 e. The SMILES string of the molecule is CSC1(c2cc(N=C(C=C(C)N)NC(=O)OC(C)(C)C)nc(N3CCOCC3C)c2)CC1. The summed E-state index contributed by atoms with van der Waals surface area (Å²) in [7, 11) is 0. The molecule has 32 heavy (non-hydrogen) atoms. The second-order valence-corrected chi connectivity index (χ2v) is 10.6. The molecule has 1 amide bonds. The molecule has 0 aromatic carbocycles. The van der Waals surface area contributed by atoms with Crippen LogP contribution in [-0.4, -0.2) is 54.6 Å². The van der Waals surface area contributed by atoms with Crippen LogP contribution in [0.5, 0.6) is 0 Å². The van der Waals surface area contributed by atoms with Gasteiger partial charge < -0.3 is 20.1 Å². The number of rotatable bonds is 5. The monoisotopic (exact) mass is 461 g/mol. The summed E-state index contributed by atoms with van der Waals surface area (Å²) in [5.74, 6) is 1.70. The van der Waals surface area contributed by atoms with Gasteiger partial charge in [0.1, 0.15) is 17.3 Å². The lowest BCUT2D eigenvalue weighted by molar-refractivity contribution is 0.0563. The Morgan fingerprint density at radius 3 is 2.72 bits per heavy atom. The Morgan fingerprint density at radius 2 is 2.16 bits per heavy atom. The van der Waals surface area contributed by atoms with Gasteiger partial charge in [-0.05, 0) is 77.5 Å². The summed E-state index contributed by atoms with van der Waals surface area (Å²) in [4.78, 5) is 24.1. The first-order chi connectivity index (χ1) is 15.0. The largest absolute Gasteiger partial charge is 0.444 e. The van der Waals surface area contributed by atoms with Gasteiger partial charge in [-0.3, -0.25) is 5.32 Å². The smallest absolute Gasteiger partial charge is 0.413 e. The standard InChI is InChI=1S/C23H35N5O3S/c1-15(24)11-18(27-21(29)31-22(3,4)5)25-19-12-17(23(32-6)7-8-23)13-20(26-19)28-9-10-30-14-16(28)2/h11-13,16H,7-10,14,24H2,1-6H3,(H,25,26,27,29). The molecule has 1 saturated carbocycles. The molecule has 3 N–H and O–H groups in total. The summed E-state index contributed by atoms with van der Waals surface area (Å²) in [6.07, 6.45) is 5.42. The van der Waals surface area contributed by atoms with Gasteiger partial charge in [0.05, 0.1) is 19.3 Å². The second-order valence-electron chi connectivity index (χ2n) is 9.40. The number of carbonyl (C=O) groups is 1. The fraction of sp³-hybridized carbons (Fsp3) is 0.609. The quantitative estimate of drug-likeness (QED) is 0.503. The minimum absolute atomic E-state index is 0.107. The van der Waals surface area contributed by atoms with E-state index in [1.165, 1.54) is 5.56 Å². The molecule has 3 rings (SSSR count). The van der Waals surface area contributed by atoms with Crippen LogP contribution < -0.4 is 16.0 Å². The van der Waals surface area contributed by atoms with E-state index < -0.39 is 11.7 Å². The van der Waals surface area contributed by atoms with Crippen LogP contribution in [0.2, 0.25) is 0 Å². The van der Waals surface area contributed by atoms with Crippen molar-refractivity contribution in [1.29, 1.82) is 0 Å². The number of anilines is 1. The van der Waals surface area contributed by atoms with Gasteiger partial charge in [0.15, 0.2) is 5.82 Å². The van der Waals surface area contributed by atoms with Crippen molar-refractivity contribution < 1.29 is 14.3 Å². The molecule has 2 heterocycles. The fourth-order valence-corrected chi connectivity index (χ4v) is 4.47. The Hall–Kier alpha value is -2.26. The van der Waals surface area contributed by atoms with Crippen LogP contribution in [-0.2, 0) is 14.2 Å². The van der Waals surface area contributed by atoms with E-state index in [9.17, 15) is 4.79 Å². The van der Waals surface area contributed by atoms with Gasteiger partial charge in [0, 0.05) is 17.0 Å². The highest BCUT2D eigenvalue weighted by Crippen LogP contribution is 2.56. The third kappa shape index (κ3) is 6.38. The number of pyridine rings is 1. The van der Waals surface area contributed by atoms with E-state index in [4.69, 9.17) is 20.2 Å². The molecule has 1 unspecified atom stereocenters. The van der Waals surface area contributed by atoms with Gasteiger partial charge in [-0.2, -0.15) is 11.8 Å². The average molecular weight is 462 g/mol. The van der Waals surface area contributed by atoms with Gasteiger partial charge in [0.25, 0.3) is 0 Å². The van der Waals surface area contributed by atoms with Crippen molar-refractivity contribution in [1.82, 2.24) is 10.3 Å². The normalized spacial score (nSPS) is 21.3. The highest BCUT2D eigenvalue weighted by molar-refractivity contribution is 7.99. The van der Waals surface area contributed by atoms with E-state index in [0.29, 0.717) is 30.6 Å². The number of ether oxygens (including phenoxy) is 2. The lowest BCUT2D eigenvalue weighted by Gasteiger charge is -2.34. The number of allylic oxidation sites excluding steroid dienone is 1. The van der Waals surface area contributed by atoms with E-state index in [0.717, 1.165) is 25.2 Å². The van der Waals surface area contributed by atoms with Crippen molar-refractivity contribution in [3.8, 4) is 0 Å². The zero-order valence-electron chi connectivity index (χ0n) is 19.9. The van der Waals surface area contributed by atoms with Crippen molar-refractivity contribution in [2.45, 2.75) is 63.9 Å². The molecule has 1 aliphatic carbocycles. The number of aromatic nitrogens is 1. The molecule has 9 heteroatoms. The van der Waals surface area contributed by atoms with E-state index in [2.05, 4.69) is 34.5 Å². The molecule has 176 valence electrons. The van der Waals surface area contributed by atoms with Gasteiger partial charge in [-0.15, -0.1) is 0 Å². The van der Waals surface area contributed by atoms with Crippen LogP contribution >= 0.6 is 11.8 Å². The molecular weight excluding hydrogens is 426 g/mol. The zero-order valence-corrected chi connectivity index (χ0v) is 20.7. The number of alkyl carbamates (subject to hydrolysis) is 1. The Labute approximate surface area is 195 Å². The first kappa shape index (κ1) is 24.4. The van der Waals surface area contributed by atoms with Crippen LogP contribution in [0.25, 0.3) is 0 Å². The topological polar surface area (TPSA) is 102 Å². The van der Waals surface area contributed by atoms with Crippen LogP contribution in [0.15, 0.2) is 28.9 Å². The van der Waals surface area contributed by atoms with Crippen molar-refractivity contribution in [3.05, 3.63) is 29.5 Å². The Balaban J connectivity index is 1.99. The summed E-state index contributed by atoms with van der Waals surface area (Å²) < 4.78 is 11.1. The number of nitrogens with zero attached hydrogens (tertiary/aromatic N) is 3. The lowest BCUT2D eigenvalue weighted by Crippen LogP contribution is -2.44. The van der Waals surface area contributed by atoms with Crippen LogP contribution in [0, 0.1) is 0 Å². The molecule has 1 aliphatic heterocycles. The summed E-state index contributed by atoms with van der Waals surface area (Å²) >= 11 is 1.86. The van der Waals surface area contributed by atoms with Gasteiger partial charge >= 0.3 is 6.09 Å². The zero-order chi connectivity index (χ0) is 23.5. The number of morpholine rings is 1. The van der Waals surface area contributed by atoms with Crippen LogP contribution in [0.4, 0.5) is 16.4 Å². The highest BCUT2D eigenvalue weighted by Gasteiger charge is 2.44. The molecule has 8 nitrogen and oxygen atoms in total. The van der Waals surface area contributed by atoms with E-state index in [-0.39, 0.29) is 10.8 Å². The molecular formula is C23H35N5O3S. The first-order valence-corrected chi connectivity index (χ1v) is 12.2. The number of thioether (sulfide) groups is 1. The molecule has 1 saturated heterocycles. The number of nitrogens with one attached hydrogen (secondary N) is 1. The predicted octanol–water partition coefficient (Wildman–Crippen LogP) is 4.08. The molecule has 0 spiro atoms. The number of hydrogen-bond acceptors (Lipinski definition) is 8. The van der Waals surface area contributed by atoms with Crippen LogP contribution in [0.1, 0.15) is 53.0 Å². The van der Waals surface area contributed by atoms with Crippen molar-refractivity contribution in [2.75, 3.05) is 30.9 Å². The minimum atomic E-state index is -0.620. The van der Waals surface area contributed by atoms with E-state index >= 15 is 0 Å². The molecule has 2 aliphatic rings. The number of hydrogen-bond donors (Lipinski definition) is 2. The van der Waals surface area contributed by atoms with Gasteiger partial charge in [-0.25, -0.2) is 14.8 Å². The molecule has 1 aromatic rings. The van der Waals surface area contributed by atoms with Crippen LogP contribution in [0.3, 0.4) is 0 Å². The number of amides is 1. The second kappa shape index (κ2) is 9.70. The predicted molar refractivity (Wildman–Crippen MR) is 131 cm³/mol. The Morgan fingerprint density at radius 1 is 1.44 bits per heavy atom. The summed E-state index contributed by atoms with van der Waals surface area (Å²) in [5.41, 5.74) is 6.99. The molecule has 2 fully saturated rings. The number of carbonyl (C=O) groups excluding carboxylic acids is 1. The number of aliphatic imine (C=N–C) groups is 1. The third-order valence-corrected chi connectivity index (χ3v) is 6.74. The van der Waals surface area contributed by atoms with Gasteiger partial charge in [0.2, 0.25) is 0 Å². The Bertz CT molecular complexity index is 901. The lowest BCUT2D eigenvalue weighted by atomic mass is 10.1. The molecule has 0 radical (unpaired) electrons. The summed E-state index contributed by atoms with van der Waals surface area (Å²) in [5, 5.41) is 2.70. The summed E-state index contributed by atoms with van der Waals surface area (Å²) in [6, 6.07) is 4.41. The summed E-state index contributed by atoms with van der Waals surface area (Å²) in [6.45, 7) is 11.4. The highest BCUT2D eigenvalue weighted by atomic mass is 32.2. The van der Waals surface area contributed by atoms with Crippen molar-refractivity contribution in [3.63, 3.8) is 0 Å². The molecule has 1 atom stereocenters. The number of amidine groups is 1.